The van der Waals surface area contributed by atoms with E-state index in [-0.39, 0.29) is 0 Å². The SMILES string of the molecule is Cc1n(-n2ccc3ccccc32)cc[n+]1C. The van der Waals surface area contributed by atoms with Crippen LogP contribution in [0.2, 0.25) is 0 Å². The third-order valence-electron chi connectivity index (χ3n) is 3.08. The molecule has 3 heteroatoms. The van der Waals surface area contributed by atoms with Crippen molar-refractivity contribution in [1.29, 1.82) is 0 Å². The van der Waals surface area contributed by atoms with E-state index in [9.17, 15) is 0 Å². The molecule has 0 atom stereocenters. The average molecular weight is 212 g/mol. The summed E-state index contributed by atoms with van der Waals surface area (Å²) < 4.78 is 6.40. The van der Waals surface area contributed by atoms with Crippen LogP contribution >= 0.6 is 0 Å². The van der Waals surface area contributed by atoms with E-state index in [4.69, 9.17) is 0 Å². The lowest BCUT2D eigenvalue weighted by molar-refractivity contribution is -0.677. The van der Waals surface area contributed by atoms with E-state index in [1.807, 2.05) is 0 Å². The van der Waals surface area contributed by atoms with Gasteiger partial charge in [0.05, 0.1) is 12.6 Å². The summed E-state index contributed by atoms with van der Waals surface area (Å²) in [5.74, 6) is 1.20. The van der Waals surface area contributed by atoms with E-state index in [1.54, 1.807) is 0 Å². The van der Waals surface area contributed by atoms with Crippen LogP contribution in [0, 0.1) is 6.92 Å². The normalized spacial score (nSPS) is 11.1. The van der Waals surface area contributed by atoms with Crippen molar-refractivity contribution in [1.82, 2.24) is 9.35 Å². The number of aryl methyl sites for hydroxylation is 1. The second-order valence-electron chi connectivity index (χ2n) is 4.02. The molecule has 3 nitrogen and oxygen atoms in total. The van der Waals surface area contributed by atoms with E-state index in [1.165, 1.54) is 16.7 Å². The van der Waals surface area contributed by atoms with Crippen molar-refractivity contribution in [2.45, 2.75) is 6.92 Å². The molecule has 80 valence electrons. The van der Waals surface area contributed by atoms with Gasteiger partial charge in [-0.3, -0.25) is 0 Å². The van der Waals surface area contributed by atoms with Crippen molar-refractivity contribution in [2.75, 3.05) is 0 Å². The smallest absolute Gasteiger partial charge is 0.235 e. The number of fused-ring (bicyclic) bond motifs is 1. The second kappa shape index (κ2) is 3.23. The predicted molar refractivity (Wildman–Crippen MR) is 63.1 cm³/mol. The molecule has 0 unspecified atom stereocenters. The van der Waals surface area contributed by atoms with Crippen molar-refractivity contribution < 1.29 is 4.57 Å². The number of hydrogen-bond donors (Lipinski definition) is 0. The number of aromatic nitrogens is 3. The molecule has 0 radical (unpaired) electrons. The van der Waals surface area contributed by atoms with Crippen molar-refractivity contribution in [2.24, 2.45) is 7.05 Å². The maximum Gasteiger partial charge on any atom is 0.277 e. The molecule has 0 spiro atoms. The fourth-order valence-electron chi connectivity index (χ4n) is 2.02. The number of benzene rings is 1. The van der Waals surface area contributed by atoms with Gasteiger partial charge in [-0.1, -0.05) is 18.2 Å². The van der Waals surface area contributed by atoms with E-state index in [0.717, 1.165) is 0 Å². The highest BCUT2D eigenvalue weighted by Gasteiger charge is 2.12. The van der Waals surface area contributed by atoms with Gasteiger partial charge in [-0.25, -0.2) is 4.57 Å². The van der Waals surface area contributed by atoms with Crippen LogP contribution in [0.4, 0.5) is 0 Å². The zero-order valence-corrected chi connectivity index (χ0v) is 9.46. The molecule has 0 aliphatic carbocycles. The van der Waals surface area contributed by atoms with Crippen molar-refractivity contribution in [3.05, 3.63) is 54.7 Å². The summed E-state index contributed by atoms with van der Waals surface area (Å²) in [5.41, 5.74) is 1.22. The van der Waals surface area contributed by atoms with Crippen molar-refractivity contribution in [3.63, 3.8) is 0 Å². The minimum absolute atomic E-state index is 1.20. The first kappa shape index (κ1) is 9.21. The summed E-state index contributed by atoms with van der Waals surface area (Å²) in [7, 11) is 2.05. The van der Waals surface area contributed by atoms with Crippen LogP contribution < -0.4 is 4.57 Å². The molecule has 0 saturated carbocycles. The third-order valence-corrected chi connectivity index (χ3v) is 3.08. The minimum Gasteiger partial charge on any atom is -0.235 e. The zero-order valence-electron chi connectivity index (χ0n) is 9.46. The average Bonchev–Trinajstić information content (AvgIpc) is 2.85. The molecule has 0 aliphatic rings. The maximum absolute atomic E-state index is 2.16. The van der Waals surface area contributed by atoms with Crippen LogP contribution in [0.5, 0.6) is 0 Å². The van der Waals surface area contributed by atoms with E-state index in [0.29, 0.717) is 0 Å². The Morgan fingerprint density at radius 1 is 1.00 bits per heavy atom. The molecule has 0 amide bonds. The van der Waals surface area contributed by atoms with Gasteiger partial charge in [0.25, 0.3) is 5.82 Å². The lowest BCUT2D eigenvalue weighted by Crippen LogP contribution is -2.30. The van der Waals surface area contributed by atoms with E-state index in [2.05, 4.69) is 76.8 Å². The van der Waals surface area contributed by atoms with Crippen LogP contribution in [0.1, 0.15) is 5.82 Å². The number of imidazole rings is 1. The fourth-order valence-corrected chi connectivity index (χ4v) is 2.02. The zero-order chi connectivity index (χ0) is 11.1. The Bertz CT molecular complexity index is 646. The predicted octanol–water partition coefficient (Wildman–Crippen LogP) is 1.89. The topological polar surface area (TPSA) is 13.7 Å². The Morgan fingerprint density at radius 2 is 1.81 bits per heavy atom. The molecule has 2 heterocycles. The van der Waals surface area contributed by atoms with Gasteiger partial charge in [0.2, 0.25) is 0 Å². The molecule has 1 aromatic carbocycles. The standard InChI is InChI=1S/C13H14N3/c1-11-14(2)9-10-15(11)16-8-7-12-5-3-4-6-13(12)16/h3-10H,1-2H3/q+1. The molecule has 0 aliphatic heterocycles. The van der Waals surface area contributed by atoms with Crippen LogP contribution in [0.25, 0.3) is 10.9 Å². The first-order chi connectivity index (χ1) is 7.77. The van der Waals surface area contributed by atoms with Gasteiger partial charge in [0.1, 0.15) is 6.20 Å². The van der Waals surface area contributed by atoms with E-state index >= 15 is 0 Å². The summed E-state index contributed by atoms with van der Waals surface area (Å²) in [4.78, 5) is 0. The number of nitrogens with zero attached hydrogens (tertiary/aromatic N) is 3. The Morgan fingerprint density at radius 3 is 2.56 bits per heavy atom. The summed E-state index contributed by atoms with van der Waals surface area (Å²) >= 11 is 0. The number of hydrogen-bond acceptors (Lipinski definition) is 0. The maximum atomic E-state index is 2.16. The van der Waals surface area contributed by atoms with Crippen LogP contribution in [-0.2, 0) is 7.05 Å². The van der Waals surface area contributed by atoms with Crippen LogP contribution in [-0.4, -0.2) is 9.35 Å². The van der Waals surface area contributed by atoms with Crippen molar-refractivity contribution >= 4 is 10.9 Å². The van der Waals surface area contributed by atoms with Gasteiger partial charge in [-0.05, 0) is 12.1 Å². The molecular weight excluding hydrogens is 198 g/mol. The largest absolute Gasteiger partial charge is 0.277 e. The second-order valence-corrected chi connectivity index (χ2v) is 4.02. The monoisotopic (exact) mass is 212 g/mol. The van der Waals surface area contributed by atoms with Gasteiger partial charge in [0, 0.05) is 18.5 Å². The molecule has 0 bridgehead atoms. The number of rotatable bonds is 1. The highest BCUT2D eigenvalue weighted by Crippen LogP contribution is 2.15. The molecule has 3 aromatic rings. The highest BCUT2D eigenvalue weighted by atomic mass is 15.5. The third kappa shape index (κ3) is 1.18. The van der Waals surface area contributed by atoms with Gasteiger partial charge in [-0.15, -0.1) is 4.68 Å². The van der Waals surface area contributed by atoms with Crippen LogP contribution in [0.15, 0.2) is 48.9 Å². The quantitative estimate of drug-likeness (QED) is 0.547. The first-order valence-corrected chi connectivity index (χ1v) is 5.38. The Kier molecular flexibility index (Phi) is 1.86. The van der Waals surface area contributed by atoms with Crippen molar-refractivity contribution in [3.8, 4) is 0 Å². The highest BCUT2D eigenvalue weighted by molar-refractivity contribution is 5.79. The number of para-hydroxylation sites is 1. The summed E-state index contributed by atoms with van der Waals surface area (Å²) in [6.07, 6.45) is 6.23. The minimum atomic E-state index is 1.20. The summed E-state index contributed by atoms with van der Waals surface area (Å²) in [6, 6.07) is 10.5. The lowest BCUT2D eigenvalue weighted by atomic mass is 10.3. The van der Waals surface area contributed by atoms with E-state index < -0.39 is 0 Å². The van der Waals surface area contributed by atoms with Gasteiger partial charge in [0.15, 0.2) is 6.20 Å². The van der Waals surface area contributed by atoms with Gasteiger partial charge >= 0.3 is 0 Å². The Balaban J connectivity index is 2.30. The summed E-state index contributed by atoms with van der Waals surface area (Å²) in [5, 5.41) is 1.26. The molecule has 0 N–H and O–H groups in total. The molecule has 2 aromatic heterocycles. The molecule has 0 fully saturated rings. The molecular formula is C13H14N3+. The first-order valence-electron chi connectivity index (χ1n) is 5.38. The molecule has 3 rings (SSSR count). The molecule has 16 heavy (non-hydrogen) atoms. The lowest BCUT2D eigenvalue weighted by Gasteiger charge is -2.01. The summed E-state index contributed by atoms with van der Waals surface area (Å²) in [6.45, 7) is 2.11. The Labute approximate surface area is 94.1 Å². The molecule has 0 saturated heterocycles. The van der Waals surface area contributed by atoms with Gasteiger partial charge < -0.3 is 0 Å². The van der Waals surface area contributed by atoms with Gasteiger partial charge in [-0.2, -0.15) is 4.68 Å². The fraction of sp³-hybridized carbons (Fsp3) is 0.154. The Hall–Kier alpha value is -2.03. The van der Waals surface area contributed by atoms with Crippen LogP contribution in [0.3, 0.4) is 0 Å².